The van der Waals surface area contributed by atoms with Crippen molar-refractivity contribution in [1.29, 1.82) is 0 Å². The molecule has 5 nitrogen and oxygen atoms in total. The summed E-state index contributed by atoms with van der Waals surface area (Å²) in [6.45, 7) is 4.12. The molecule has 0 aliphatic carbocycles. The number of nitrogens with one attached hydrogen (secondary N) is 1. The van der Waals surface area contributed by atoms with Gasteiger partial charge in [-0.2, -0.15) is 0 Å². The third-order valence-corrected chi connectivity index (χ3v) is 4.02. The molecule has 132 valence electrons. The fourth-order valence-corrected chi connectivity index (χ4v) is 2.65. The third kappa shape index (κ3) is 4.89. The van der Waals surface area contributed by atoms with Crippen LogP contribution in [0.2, 0.25) is 0 Å². The maximum atomic E-state index is 11.9. The molecule has 0 saturated carbocycles. The van der Waals surface area contributed by atoms with Gasteiger partial charge in [0.1, 0.15) is 19.0 Å². The van der Waals surface area contributed by atoms with E-state index in [1.165, 1.54) is 0 Å². The molecule has 0 radical (unpaired) electrons. The minimum atomic E-state index is -0.00822. The molecule has 0 spiro atoms. The standard InChI is InChI=1S/C20H23NO4/c1-15-4-2-3-5-17(15)23-11-9-20(22)21-10-8-16-6-7-18-19(14-16)25-13-12-24-18/h2-7,14H,8-13H2,1H3,(H,21,22). The van der Waals surface area contributed by atoms with Gasteiger partial charge in [-0.05, 0) is 42.7 Å². The number of carbonyl (C=O) groups excluding carboxylic acids is 1. The SMILES string of the molecule is Cc1ccccc1OCCC(=O)NCCc1ccc2c(c1)OCCO2. The zero-order chi connectivity index (χ0) is 17.5. The fourth-order valence-electron chi connectivity index (χ4n) is 2.65. The van der Waals surface area contributed by atoms with Crippen molar-refractivity contribution in [1.82, 2.24) is 5.32 Å². The van der Waals surface area contributed by atoms with E-state index >= 15 is 0 Å². The molecule has 0 aromatic heterocycles. The van der Waals surface area contributed by atoms with Crippen molar-refractivity contribution in [2.45, 2.75) is 19.8 Å². The number of fused-ring (bicyclic) bond motifs is 1. The summed E-state index contributed by atoms with van der Waals surface area (Å²) in [6, 6.07) is 13.7. The average molecular weight is 341 g/mol. The van der Waals surface area contributed by atoms with Gasteiger partial charge in [0.2, 0.25) is 5.91 Å². The first-order valence-corrected chi connectivity index (χ1v) is 8.56. The Hall–Kier alpha value is -2.69. The molecule has 1 heterocycles. The fraction of sp³-hybridized carbons (Fsp3) is 0.350. The minimum absolute atomic E-state index is 0.00822. The van der Waals surface area contributed by atoms with Crippen molar-refractivity contribution in [3.8, 4) is 17.2 Å². The van der Waals surface area contributed by atoms with Crippen molar-refractivity contribution in [3.05, 3.63) is 53.6 Å². The first-order chi connectivity index (χ1) is 12.2. The summed E-state index contributed by atoms with van der Waals surface area (Å²) in [4.78, 5) is 11.9. The van der Waals surface area contributed by atoms with E-state index in [9.17, 15) is 4.79 Å². The van der Waals surface area contributed by atoms with Crippen molar-refractivity contribution in [3.63, 3.8) is 0 Å². The zero-order valence-corrected chi connectivity index (χ0v) is 14.4. The van der Waals surface area contributed by atoms with Crippen molar-refractivity contribution >= 4 is 5.91 Å². The van der Waals surface area contributed by atoms with Crippen LogP contribution >= 0.6 is 0 Å². The predicted octanol–water partition coefficient (Wildman–Crippen LogP) is 2.89. The van der Waals surface area contributed by atoms with Crippen LogP contribution in [0.5, 0.6) is 17.2 Å². The topological polar surface area (TPSA) is 56.8 Å². The molecule has 0 atom stereocenters. The summed E-state index contributed by atoms with van der Waals surface area (Å²) in [6.07, 6.45) is 1.09. The lowest BCUT2D eigenvalue weighted by molar-refractivity contribution is -0.121. The number of hydrogen-bond acceptors (Lipinski definition) is 4. The van der Waals surface area contributed by atoms with Gasteiger partial charge < -0.3 is 19.5 Å². The van der Waals surface area contributed by atoms with Crippen LogP contribution in [0.15, 0.2) is 42.5 Å². The summed E-state index contributed by atoms with van der Waals surface area (Å²) in [5.74, 6) is 2.38. The van der Waals surface area contributed by atoms with Crippen LogP contribution in [0, 0.1) is 6.92 Å². The molecule has 0 unspecified atom stereocenters. The zero-order valence-electron chi connectivity index (χ0n) is 14.4. The van der Waals surface area contributed by atoms with E-state index in [1.54, 1.807) is 0 Å². The summed E-state index contributed by atoms with van der Waals surface area (Å²) in [5, 5.41) is 2.92. The largest absolute Gasteiger partial charge is 0.493 e. The molecule has 1 N–H and O–H groups in total. The Labute approximate surface area is 147 Å². The molecule has 3 rings (SSSR count). The first kappa shape index (κ1) is 17.1. The van der Waals surface area contributed by atoms with E-state index in [4.69, 9.17) is 14.2 Å². The number of aryl methyl sites for hydroxylation is 1. The minimum Gasteiger partial charge on any atom is -0.493 e. The van der Waals surface area contributed by atoms with Gasteiger partial charge in [0, 0.05) is 6.54 Å². The molecule has 0 bridgehead atoms. The Morgan fingerprint density at radius 2 is 1.92 bits per heavy atom. The monoisotopic (exact) mass is 341 g/mol. The van der Waals surface area contributed by atoms with Crippen LogP contribution in [-0.2, 0) is 11.2 Å². The smallest absolute Gasteiger partial charge is 0.223 e. The van der Waals surface area contributed by atoms with Crippen LogP contribution in [0.25, 0.3) is 0 Å². The number of hydrogen-bond donors (Lipinski definition) is 1. The second-order valence-electron chi connectivity index (χ2n) is 5.94. The van der Waals surface area contributed by atoms with E-state index in [-0.39, 0.29) is 5.91 Å². The van der Waals surface area contributed by atoms with Gasteiger partial charge >= 0.3 is 0 Å². The Morgan fingerprint density at radius 1 is 1.12 bits per heavy atom. The van der Waals surface area contributed by atoms with Gasteiger partial charge in [0.25, 0.3) is 0 Å². The van der Waals surface area contributed by atoms with Crippen LogP contribution in [0.4, 0.5) is 0 Å². The second-order valence-corrected chi connectivity index (χ2v) is 5.94. The van der Waals surface area contributed by atoms with Gasteiger partial charge in [-0.25, -0.2) is 0 Å². The van der Waals surface area contributed by atoms with Gasteiger partial charge in [0.05, 0.1) is 13.0 Å². The molecule has 1 amide bonds. The number of benzene rings is 2. The number of ether oxygens (including phenoxy) is 3. The van der Waals surface area contributed by atoms with Gasteiger partial charge in [-0.1, -0.05) is 24.3 Å². The highest BCUT2D eigenvalue weighted by molar-refractivity contribution is 5.76. The summed E-state index contributed by atoms with van der Waals surface area (Å²) < 4.78 is 16.7. The average Bonchev–Trinajstić information content (AvgIpc) is 2.63. The van der Waals surface area contributed by atoms with Crippen LogP contribution in [0.1, 0.15) is 17.5 Å². The van der Waals surface area contributed by atoms with Gasteiger partial charge in [-0.15, -0.1) is 0 Å². The van der Waals surface area contributed by atoms with E-state index in [0.29, 0.717) is 32.8 Å². The lowest BCUT2D eigenvalue weighted by Gasteiger charge is -2.18. The van der Waals surface area contributed by atoms with Crippen molar-refractivity contribution in [2.75, 3.05) is 26.4 Å². The summed E-state index contributed by atoms with van der Waals surface area (Å²) in [7, 11) is 0. The Kier molecular flexibility index (Phi) is 5.77. The highest BCUT2D eigenvalue weighted by Crippen LogP contribution is 2.30. The maximum Gasteiger partial charge on any atom is 0.223 e. The third-order valence-electron chi connectivity index (χ3n) is 4.02. The Morgan fingerprint density at radius 3 is 2.76 bits per heavy atom. The molecule has 0 saturated heterocycles. The van der Waals surface area contributed by atoms with Gasteiger partial charge in [-0.3, -0.25) is 4.79 Å². The Bertz CT molecular complexity index is 729. The summed E-state index contributed by atoms with van der Waals surface area (Å²) >= 11 is 0. The molecule has 1 aliphatic rings. The highest BCUT2D eigenvalue weighted by Gasteiger charge is 2.11. The van der Waals surface area contributed by atoms with Crippen LogP contribution in [0.3, 0.4) is 0 Å². The molecular formula is C20H23NO4. The molecule has 0 fully saturated rings. The summed E-state index contributed by atoms with van der Waals surface area (Å²) in [5.41, 5.74) is 2.18. The first-order valence-electron chi connectivity index (χ1n) is 8.56. The molecule has 5 heteroatoms. The molecular weight excluding hydrogens is 318 g/mol. The number of amides is 1. The van der Waals surface area contributed by atoms with Crippen LogP contribution < -0.4 is 19.5 Å². The van der Waals surface area contributed by atoms with Crippen LogP contribution in [-0.4, -0.2) is 32.3 Å². The highest BCUT2D eigenvalue weighted by atomic mass is 16.6. The van der Waals surface area contributed by atoms with Crippen molar-refractivity contribution in [2.24, 2.45) is 0 Å². The number of para-hydroxylation sites is 1. The number of carbonyl (C=O) groups is 1. The maximum absolute atomic E-state index is 11.9. The molecule has 2 aromatic rings. The lowest BCUT2D eigenvalue weighted by atomic mass is 10.1. The van der Waals surface area contributed by atoms with E-state index in [1.807, 2.05) is 49.4 Å². The molecule has 1 aliphatic heterocycles. The second kappa shape index (κ2) is 8.42. The molecule has 2 aromatic carbocycles. The van der Waals surface area contributed by atoms with Gasteiger partial charge in [0.15, 0.2) is 11.5 Å². The predicted molar refractivity (Wildman–Crippen MR) is 95.4 cm³/mol. The quantitative estimate of drug-likeness (QED) is 0.841. The lowest BCUT2D eigenvalue weighted by Crippen LogP contribution is -2.27. The normalized spacial score (nSPS) is 12.5. The van der Waals surface area contributed by atoms with E-state index < -0.39 is 0 Å². The Balaban J connectivity index is 1.37. The number of rotatable bonds is 7. The van der Waals surface area contributed by atoms with E-state index in [0.717, 1.165) is 34.8 Å². The van der Waals surface area contributed by atoms with E-state index in [2.05, 4.69) is 5.32 Å². The van der Waals surface area contributed by atoms with Crippen molar-refractivity contribution < 1.29 is 19.0 Å². The molecule has 25 heavy (non-hydrogen) atoms.